The van der Waals surface area contributed by atoms with E-state index in [0.29, 0.717) is 0 Å². The highest BCUT2D eigenvalue weighted by Crippen LogP contribution is 2.51. The fraction of sp³-hybridized carbons (Fsp3) is 0.533. The molecule has 0 saturated carbocycles. The molecule has 0 spiro atoms. The number of halogens is 2. The smallest absolute Gasteiger partial charge is 0.235 e. The molecule has 1 amide bonds. The molecule has 1 aliphatic carbocycles. The molecule has 2 aliphatic rings. The van der Waals surface area contributed by atoms with Crippen LogP contribution < -0.4 is 5.32 Å². The second-order valence-electron chi connectivity index (χ2n) is 5.48. The van der Waals surface area contributed by atoms with Crippen molar-refractivity contribution in [1.29, 1.82) is 0 Å². The highest BCUT2D eigenvalue weighted by Gasteiger charge is 2.49. The van der Waals surface area contributed by atoms with Crippen molar-refractivity contribution in [2.45, 2.75) is 43.9 Å². The predicted octanol–water partition coefficient (Wildman–Crippen LogP) is 4.54. The van der Waals surface area contributed by atoms with E-state index in [9.17, 15) is 4.79 Å². The number of benzene rings is 1. The standard InChI is InChI=1S/C15H17Br2NO/c16-9-2-1-7-15-8-3-4-10-11(17)5-6-12(13(10)15)18-14(15)19/h5-6H,1-4,7-9H2,(H,18,19). The molecule has 1 heterocycles. The second-order valence-corrected chi connectivity index (χ2v) is 7.13. The fourth-order valence-electron chi connectivity index (χ4n) is 3.56. The molecule has 0 radical (unpaired) electrons. The van der Waals surface area contributed by atoms with Gasteiger partial charge in [-0.3, -0.25) is 4.79 Å². The molecular weight excluding hydrogens is 370 g/mol. The van der Waals surface area contributed by atoms with Crippen LogP contribution in [0.5, 0.6) is 0 Å². The lowest BCUT2D eigenvalue weighted by molar-refractivity contribution is -0.121. The van der Waals surface area contributed by atoms with E-state index in [0.717, 1.165) is 54.0 Å². The SMILES string of the molecule is O=C1Nc2ccc(Br)c3c2C1(CCCCBr)CCC3. The van der Waals surface area contributed by atoms with Crippen molar-refractivity contribution in [2.75, 3.05) is 10.6 Å². The van der Waals surface area contributed by atoms with Crippen molar-refractivity contribution in [3.05, 3.63) is 27.7 Å². The van der Waals surface area contributed by atoms with Gasteiger partial charge in [-0.1, -0.05) is 38.3 Å². The van der Waals surface area contributed by atoms with Gasteiger partial charge in [0, 0.05) is 15.5 Å². The van der Waals surface area contributed by atoms with Gasteiger partial charge in [0.15, 0.2) is 0 Å². The lowest BCUT2D eigenvalue weighted by atomic mass is 9.68. The largest absolute Gasteiger partial charge is 0.325 e. The Morgan fingerprint density at radius 2 is 2.16 bits per heavy atom. The van der Waals surface area contributed by atoms with E-state index in [4.69, 9.17) is 0 Å². The van der Waals surface area contributed by atoms with Gasteiger partial charge >= 0.3 is 0 Å². The van der Waals surface area contributed by atoms with Crippen LogP contribution in [-0.4, -0.2) is 11.2 Å². The van der Waals surface area contributed by atoms with Gasteiger partial charge in [0.2, 0.25) is 5.91 Å². The maximum atomic E-state index is 12.5. The van der Waals surface area contributed by atoms with Crippen LogP contribution in [0.15, 0.2) is 16.6 Å². The molecule has 3 rings (SSSR count). The number of hydrogen-bond donors (Lipinski definition) is 1. The minimum atomic E-state index is -0.255. The molecule has 1 atom stereocenters. The molecule has 0 saturated heterocycles. The molecule has 4 heteroatoms. The van der Waals surface area contributed by atoms with E-state index in [1.165, 1.54) is 11.1 Å². The van der Waals surface area contributed by atoms with Crippen molar-refractivity contribution < 1.29 is 4.79 Å². The first-order chi connectivity index (χ1) is 9.19. The van der Waals surface area contributed by atoms with Gasteiger partial charge in [0.1, 0.15) is 0 Å². The van der Waals surface area contributed by atoms with Gasteiger partial charge in [-0.2, -0.15) is 0 Å². The second kappa shape index (κ2) is 5.21. The predicted molar refractivity (Wildman–Crippen MR) is 85.0 cm³/mol. The summed E-state index contributed by atoms with van der Waals surface area (Å²) in [4.78, 5) is 12.5. The number of hydrogen-bond acceptors (Lipinski definition) is 1. The Labute approximate surface area is 130 Å². The van der Waals surface area contributed by atoms with Crippen molar-refractivity contribution in [3.8, 4) is 0 Å². The van der Waals surface area contributed by atoms with Crippen LogP contribution in [0.4, 0.5) is 5.69 Å². The summed E-state index contributed by atoms with van der Waals surface area (Å²) < 4.78 is 1.16. The Balaban J connectivity index is 2.05. The number of alkyl halides is 1. The molecule has 19 heavy (non-hydrogen) atoms. The molecule has 2 nitrogen and oxygen atoms in total. The first-order valence-electron chi connectivity index (χ1n) is 6.88. The van der Waals surface area contributed by atoms with E-state index in [2.05, 4.69) is 43.2 Å². The van der Waals surface area contributed by atoms with Gasteiger partial charge in [-0.25, -0.2) is 0 Å². The number of anilines is 1. The summed E-state index contributed by atoms with van der Waals surface area (Å²) in [6.07, 6.45) is 6.39. The van der Waals surface area contributed by atoms with Crippen molar-refractivity contribution in [3.63, 3.8) is 0 Å². The topological polar surface area (TPSA) is 29.1 Å². The van der Waals surface area contributed by atoms with Crippen LogP contribution >= 0.6 is 31.9 Å². The van der Waals surface area contributed by atoms with Gasteiger partial charge < -0.3 is 5.32 Å². The highest BCUT2D eigenvalue weighted by molar-refractivity contribution is 9.10. The van der Waals surface area contributed by atoms with E-state index in [1.54, 1.807) is 0 Å². The zero-order valence-electron chi connectivity index (χ0n) is 10.8. The third-order valence-electron chi connectivity index (χ3n) is 4.43. The zero-order chi connectivity index (χ0) is 13.5. The Morgan fingerprint density at radius 3 is 2.95 bits per heavy atom. The first-order valence-corrected chi connectivity index (χ1v) is 8.80. The van der Waals surface area contributed by atoms with Crippen LogP contribution in [-0.2, 0) is 16.6 Å². The normalized spacial score (nSPS) is 24.2. The average molecular weight is 387 g/mol. The number of carbonyl (C=O) groups excluding carboxylic acids is 1. The Bertz CT molecular complexity index is 529. The van der Waals surface area contributed by atoms with Crippen LogP contribution in [0.1, 0.15) is 43.2 Å². The monoisotopic (exact) mass is 385 g/mol. The molecule has 0 fully saturated rings. The highest BCUT2D eigenvalue weighted by atomic mass is 79.9. The molecule has 1 N–H and O–H groups in total. The lowest BCUT2D eigenvalue weighted by Gasteiger charge is -2.33. The third kappa shape index (κ3) is 2.07. The number of unbranched alkanes of at least 4 members (excludes halogenated alkanes) is 1. The van der Waals surface area contributed by atoms with E-state index in [-0.39, 0.29) is 11.3 Å². The maximum Gasteiger partial charge on any atom is 0.235 e. The van der Waals surface area contributed by atoms with Crippen LogP contribution in [0, 0.1) is 0 Å². The molecule has 0 bridgehead atoms. The third-order valence-corrected chi connectivity index (χ3v) is 5.74. The van der Waals surface area contributed by atoms with Gasteiger partial charge in [0.25, 0.3) is 0 Å². The van der Waals surface area contributed by atoms with E-state index < -0.39 is 0 Å². The maximum absolute atomic E-state index is 12.5. The number of rotatable bonds is 4. The molecule has 1 aromatic carbocycles. The van der Waals surface area contributed by atoms with E-state index >= 15 is 0 Å². The van der Waals surface area contributed by atoms with Gasteiger partial charge in [-0.05, 0) is 55.4 Å². The fourth-order valence-corrected chi connectivity index (χ4v) is 4.49. The minimum Gasteiger partial charge on any atom is -0.325 e. The summed E-state index contributed by atoms with van der Waals surface area (Å²) >= 11 is 7.13. The van der Waals surface area contributed by atoms with E-state index in [1.807, 2.05) is 6.07 Å². The molecule has 1 aliphatic heterocycles. The summed E-state index contributed by atoms with van der Waals surface area (Å²) in [5.74, 6) is 0.219. The average Bonchev–Trinajstić information content (AvgIpc) is 2.69. The Kier molecular flexibility index (Phi) is 3.73. The molecule has 102 valence electrons. The quantitative estimate of drug-likeness (QED) is 0.597. The molecule has 0 aromatic heterocycles. The summed E-state index contributed by atoms with van der Waals surface area (Å²) in [7, 11) is 0. The summed E-state index contributed by atoms with van der Waals surface area (Å²) in [6, 6.07) is 4.10. The molecule has 1 unspecified atom stereocenters. The minimum absolute atomic E-state index is 0.219. The van der Waals surface area contributed by atoms with Crippen molar-refractivity contribution in [1.82, 2.24) is 0 Å². The Morgan fingerprint density at radius 1 is 1.32 bits per heavy atom. The zero-order valence-corrected chi connectivity index (χ0v) is 13.9. The number of amides is 1. The number of nitrogens with one attached hydrogen (secondary N) is 1. The summed E-state index contributed by atoms with van der Waals surface area (Å²) in [5.41, 5.74) is 3.42. The molecular formula is C15H17Br2NO. The van der Waals surface area contributed by atoms with Crippen LogP contribution in [0.25, 0.3) is 0 Å². The Hall–Kier alpha value is -0.350. The lowest BCUT2D eigenvalue weighted by Crippen LogP contribution is -2.37. The number of carbonyl (C=O) groups is 1. The van der Waals surface area contributed by atoms with Crippen LogP contribution in [0.3, 0.4) is 0 Å². The van der Waals surface area contributed by atoms with Gasteiger partial charge in [0.05, 0.1) is 5.41 Å². The van der Waals surface area contributed by atoms with Crippen molar-refractivity contribution in [2.24, 2.45) is 0 Å². The van der Waals surface area contributed by atoms with Crippen LogP contribution in [0.2, 0.25) is 0 Å². The summed E-state index contributed by atoms with van der Waals surface area (Å²) in [6.45, 7) is 0. The van der Waals surface area contributed by atoms with Gasteiger partial charge in [-0.15, -0.1) is 0 Å². The molecule has 1 aromatic rings. The first kappa shape index (κ1) is 13.6. The van der Waals surface area contributed by atoms with Crippen molar-refractivity contribution >= 4 is 43.5 Å². The summed E-state index contributed by atoms with van der Waals surface area (Å²) in [5, 5.41) is 4.12.